The zero-order valence-electron chi connectivity index (χ0n) is 9.12. The van der Waals surface area contributed by atoms with Gasteiger partial charge in [-0.3, -0.25) is 0 Å². The van der Waals surface area contributed by atoms with Crippen LogP contribution in [0.15, 0.2) is 24.0 Å². The van der Waals surface area contributed by atoms with Crippen LogP contribution in [0.2, 0.25) is 0 Å². The van der Waals surface area contributed by atoms with Crippen molar-refractivity contribution in [2.24, 2.45) is 5.73 Å². The molecule has 80 valence electrons. The highest BCUT2D eigenvalue weighted by atomic mass is 16.6. The van der Waals surface area contributed by atoms with Gasteiger partial charge in [-0.15, -0.1) is 0 Å². The Balaban J connectivity index is 2.38. The molecule has 1 aliphatic heterocycles. The lowest BCUT2D eigenvalue weighted by molar-refractivity contribution is 0.182. The fourth-order valence-corrected chi connectivity index (χ4v) is 1.28. The molecule has 3 nitrogen and oxygen atoms in total. The quantitative estimate of drug-likeness (QED) is 0.413. The average Bonchev–Trinajstić information content (AvgIpc) is 2.82. The lowest BCUT2D eigenvalue weighted by atomic mass is 10.0. The van der Waals surface area contributed by atoms with Gasteiger partial charge < -0.3 is 15.2 Å². The Morgan fingerprint density at radius 3 is 2.86 bits per heavy atom. The second-order valence-electron chi connectivity index (χ2n) is 3.89. The number of epoxide rings is 1. The predicted molar refractivity (Wildman–Crippen MR) is 56.9 cm³/mol. The van der Waals surface area contributed by atoms with Crippen molar-refractivity contribution >= 4 is 0 Å². The van der Waals surface area contributed by atoms with Crippen LogP contribution in [0.5, 0.6) is 0 Å². The van der Waals surface area contributed by atoms with Crippen molar-refractivity contribution < 1.29 is 9.47 Å². The van der Waals surface area contributed by atoms with Crippen LogP contribution in [0.3, 0.4) is 0 Å². The Hall–Kier alpha value is -0.800. The van der Waals surface area contributed by atoms with Crippen molar-refractivity contribution in [2.45, 2.75) is 32.4 Å². The van der Waals surface area contributed by atoms with Crippen LogP contribution in [0, 0.1) is 0 Å². The van der Waals surface area contributed by atoms with E-state index in [4.69, 9.17) is 15.2 Å². The normalized spacial score (nSPS) is 26.3. The molecule has 0 amide bonds. The van der Waals surface area contributed by atoms with Crippen LogP contribution in [-0.4, -0.2) is 24.9 Å². The van der Waals surface area contributed by atoms with Crippen LogP contribution in [-0.2, 0) is 9.47 Å². The van der Waals surface area contributed by atoms with E-state index in [0.717, 1.165) is 12.4 Å². The largest absolute Gasteiger partial charge is 0.496 e. The maximum Gasteiger partial charge on any atom is 0.116 e. The lowest BCUT2D eigenvalue weighted by Gasteiger charge is -2.16. The van der Waals surface area contributed by atoms with Crippen LogP contribution >= 0.6 is 0 Å². The van der Waals surface area contributed by atoms with Crippen molar-refractivity contribution in [3.8, 4) is 0 Å². The molecule has 2 atom stereocenters. The van der Waals surface area contributed by atoms with Gasteiger partial charge in [0.15, 0.2) is 0 Å². The molecule has 0 aliphatic carbocycles. The van der Waals surface area contributed by atoms with Gasteiger partial charge in [-0.05, 0) is 26.8 Å². The fourth-order valence-electron chi connectivity index (χ4n) is 1.28. The van der Waals surface area contributed by atoms with E-state index in [-0.39, 0.29) is 0 Å². The SMILES string of the molecule is C/C=C\C(C)(N)/C=C(\C)OCC1CO1. The molecule has 0 radical (unpaired) electrons. The predicted octanol–water partition coefficient (Wildman–Crippen LogP) is 1.60. The van der Waals surface area contributed by atoms with Crippen molar-refractivity contribution in [1.29, 1.82) is 0 Å². The van der Waals surface area contributed by atoms with E-state index in [1.54, 1.807) is 0 Å². The van der Waals surface area contributed by atoms with Gasteiger partial charge in [0.1, 0.15) is 12.7 Å². The summed E-state index contributed by atoms with van der Waals surface area (Å²) in [6.07, 6.45) is 6.08. The Morgan fingerprint density at radius 2 is 2.36 bits per heavy atom. The van der Waals surface area contributed by atoms with Crippen molar-refractivity contribution in [1.82, 2.24) is 0 Å². The first-order valence-electron chi connectivity index (χ1n) is 4.90. The van der Waals surface area contributed by atoms with Gasteiger partial charge in [0.25, 0.3) is 0 Å². The summed E-state index contributed by atoms with van der Waals surface area (Å²) in [5.41, 5.74) is 5.55. The Morgan fingerprint density at radius 1 is 1.71 bits per heavy atom. The molecule has 1 fully saturated rings. The molecule has 0 spiro atoms. The number of rotatable bonds is 5. The van der Waals surface area contributed by atoms with Crippen molar-refractivity contribution in [2.75, 3.05) is 13.2 Å². The smallest absolute Gasteiger partial charge is 0.116 e. The minimum Gasteiger partial charge on any atom is -0.496 e. The van der Waals surface area contributed by atoms with Gasteiger partial charge in [0.05, 0.1) is 17.9 Å². The first-order valence-corrected chi connectivity index (χ1v) is 4.90. The molecule has 0 saturated carbocycles. The maximum absolute atomic E-state index is 5.98. The van der Waals surface area contributed by atoms with Crippen LogP contribution in [0.25, 0.3) is 0 Å². The number of hydrogen-bond donors (Lipinski definition) is 1. The van der Waals surface area contributed by atoms with E-state index in [2.05, 4.69) is 0 Å². The monoisotopic (exact) mass is 197 g/mol. The first-order chi connectivity index (χ1) is 6.53. The van der Waals surface area contributed by atoms with E-state index in [9.17, 15) is 0 Å². The fraction of sp³-hybridized carbons (Fsp3) is 0.636. The molecule has 14 heavy (non-hydrogen) atoms. The molecule has 0 aromatic carbocycles. The third-order valence-corrected chi connectivity index (χ3v) is 1.94. The minimum atomic E-state index is -0.427. The number of ether oxygens (including phenoxy) is 2. The topological polar surface area (TPSA) is 47.8 Å². The highest BCUT2D eigenvalue weighted by Crippen LogP contribution is 2.13. The molecule has 0 bridgehead atoms. The zero-order chi connectivity index (χ0) is 10.6. The summed E-state index contributed by atoms with van der Waals surface area (Å²) in [6.45, 7) is 7.26. The number of allylic oxidation sites excluding steroid dienone is 2. The highest BCUT2D eigenvalue weighted by molar-refractivity contribution is 5.16. The number of hydrogen-bond acceptors (Lipinski definition) is 3. The molecule has 0 aromatic heterocycles. The molecule has 3 heteroatoms. The van der Waals surface area contributed by atoms with E-state index in [1.165, 1.54) is 0 Å². The third kappa shape index (κ3) is 4.44. The maximum atomic E-state index is 5.98. The van der Waals surface area contributed by atoms with Gasteiger partial charge in [-0.25, -0.2) is 0 Å². The first kappa shape index (κ1) is 11.3. The van der Waals surface area contributed by atoms with E-state index >= 15 is 0 Å². The molecule has 2 unspecified atom stereocenters. The van der Waals surface area contributed by atoms with Gasteiger partial charge in [-0.1, -0.05) is 12.2 Å². The minimum absolute atomic E-state index is 0.295. The zero-order valence-corrected chi connectivity index (χ0v) is 9.12. The third-order valence-electron chi connectivity index (χ3n) is 1.94. The summed E-state index contributed by atoms with van der Waals surface area (Å²) in [7, 11) is 0. The van der Waals surface area contributed by atoms with Gasteiger partial charge in [0.2, 0.25) is 0 Å². The summed E-state index contributed by atoms with van der Waals surface area (Å²) in [4.78, 5) is 0. The van der Waals surface area contributed by atoms with Gasteiger partial charge in [-0.2, -0.15) is 0 Å². The Kier molecular flexibility index (Phi) is 3.72. The van der Waals surface area contributed by atoms with Gasteiger partial charge >= 0.3 is 0 Å². The lowest BCUT2D eigenvalue weighted by Crippen LogP contribution is -2.31. The van der Waals surface area contributed by atoms with Crippen molar-refractivity contribution in [3.05, 3.63) is 24.0 Å². The number of nitrogens with two attached hydrogens (primary N) is 1. The molecule has 1 rings (SSSR count). The summed E-state index contributed by atoms with van der Waals surface area (Å²) in [5.74, 6) is 0.851. The molecule has 2 N–H and O–H groups in total. The molecular weight excluding hydrogens is 178 g/mol. The second-order valence-corrected chi connectivity index (χ2v) is 3.89. The highest BCUT2D eigenvalue weighted by Gasteiger charge is 2.23. The van der Waals surface area contributed by atoms with E-state index < -0.39 is 5.54 Å². The molecule has 1 saturated heterocycles. The molecule has 1 heterocycles. The van der Waals surface area contributed by atoms with E-state index in [1.807, 2.05) is 39.0 Å². The Labute approximate surface area is 85.6 Å². The van der Waals surface area contributed by atoms with Crippen molar-refractivity contribution in [3.63, 3.8) is 0 Å². The molecule has 0 aromatic rings. The summed E-state index contributed by atoms with van der Waals surface area (Å²) >= 11 is 0. The summed E-state index contributed by atoms with van der Waals surface area (Å²) < 4.78 is 10.5. The average molecular weight is 197 g/mol. The molecule has 1 aliphatic rings. The van der Waals surface area contributed by atoms with Crippen LogP contribution in [0.4, 0.5) is 0 Å². The molecular formula is C11H19NO2. The summed E-state index contributed by atoms with van der Waals surface area (Å²) in [6, 6.07) is 0. The van der Waals surface area contributed by atoms with E-state index in [0.29, 0.717) is 12.7 Å². The second kappa shape index (κ2) is 4.62. The summed E-state index contributed by atoms with van der Waals surface area (Å²) in [5, 5.41) is 0. The Bertz CT molecular complexity index is 240. The van der Waals surface area contributed by atoms with Gasteiger partial charge in [0, 0.05) is 0 Å². The standard InChI is InChI=1S/C11H19NO2/c1-4-5-11(3,12)6-9(2)13-7-10-8-14-10/h4-6,10H,7-8,12H2,1-3H3/b5-4-,9-6+. The van der Waals surface area contributed by atoms with Crippen LogP contribution < -0.4 is 5.73 Å². The van der Waals surface area contributed by atoms with Crippen LogP contribution in [0.1, 0.15) is 20.8 Å².